The predicted octanol–water partition coefficient (Wildman–Crippen LogP) is 1.97. The highest BCUT2D eigenvalue weighted by molar-refractivity contribution is 7.16. The lowest BCUT2D eigenvalue weighted by Crippen LogP contribution is -2.50. The smallest absolute Gasteiger partial charge is 0.270 e. The van der Waals surface area contributed by atoms with E-state index in [1.54, 1.807) is 28.8 Å². The number of aromatic nitrogens is 4. The number of carbonyl (C=O) groups is 1. The van der Waals surface area contributed by atoms with Crippen LogP contribution in [-0.2, 0) is 0 Å². The number of aryl methyl sites for hydroxylation is 1. The van der Waals surface area contributed by atoms with Crippen LogP contribution in [0.4, 0.5) is 5.82 Å². The predicted molar refractivity (Wildman–Crippen MR) is 112 cm³/mol. The minimum atomic E-state index is -0.335. The molecule has 0 atom stereocenters. The fraction of sp³-hybridized carbons (Fsp3) is 0.250. The quantitative estimate of drug-likeness (QED) is 0.506. The van der Waals surface area contributed by atoms with E-state index in [0.29, 0.717) is 31.8 Å². The van der Waals surface area contributed by atoms with Gasteiger partial charge in [-0.3, -0.25) is 14.0 Å². The summed E-state index contributed by atoms with van der Waals surface area (Å²) in [6.45, 7) is 4.27. The Morgan fingerprint density at radius 1 is 1.10 bits per heavy atom. The van der Waals surface area contributed by atoms with Gasteiger partial charge in [-0.2, -0.15) is 0 Å². The van der Waals surface area contributed by atoms with Gasteiger partial charge in [0, 0.05) is 38.6 Å². The number of anilines is 1. The molecule has 1 saturated heterocycles. The SMILES string of the molecule is Cc1ccn2c(=O)c(C(=O)N3CCN(c4ncnc5sccc45)CC3)cnc2c1. The number of fused-ring (bicyclic) bond motifs is 2. The van der Waals surface area contributed by atoms with Crippen molar-refractivity contribution < 1.29 is 4.79 Å². The molecular weight excluding hydrogens is 388 g/mol. The molecule has 0 aromatic carbocycles. The summed E-state index contributed by atoms with van der Waals surface area (Å²) < 4.78 is 1.42. The molecule has 1 aliphatic rings. The largest absolute Gasteiger partial charge is 0.352 e. The van der Waals surface area contributed by atoms with Crippen LogP contribution in [0.15, 0.2) is 47.1 Å². The van der Waals surface area contributed by atoms with Gasteiger partial charge in [0.1, 0.15) is 28.2 Å². The number of rotatable bonds is 2. The molecule has 0 saturated carbocycles. The van der Waals surface area contributed by atoms with Crippen molar-refractivity contribution in [1.29, 1.82) is 0 Å². The van der Waals surface area contributed by atoms with E-state index in [1.807, 2.05) is 30.5 Å². The van der Waals surface area contributed by atoms with Gasteiger partial charge in [-0.15, -0.1) is 11.3 Å². The summed E-state index contributed by atoms with van der Waals surface area (Å²) in [6.07, 6.45) is 4.64. The fourth-order valence-corrected chi connectivity index (χ4v) is 4.37. The van der Waals surface area contributed by atoms with Crippen molar-refractivity contribution >= 4 is 38.9 Å². The van der Waals surface area contributed by atoms with Crippen molar-refractivity contribution in [3.63, 3.8) is 0 Å². The Morgan fingerprint density at radius 3 is 2.76 bits per heavy atom. The van der Waals surface area contributed by atoms with E-state index < -0.39 is 0 Å². The lowest BCUT2D eigenvalue weighted by molar-refractivity contribution is 0.0744. The van der Waals surface area contributed by atoms with Crippen LogP contribution in [0.25, 0.3) is 15.9 Å². The van der Waals surface area contributed by atoms with Crippen LogP contribution in [0.5, 0.6) is 0 Å². The summed E-state index contributed by atoms with van der Waals surface area (Å²) in [5.41, 5.74) is 1.32. The molecule has 1 fully saturated rings. The second-order valence-corrected chi connectivity index (χ2v) is 7.92. The maximum Gasteiger partial charge on any atom is 0.270 e. The van der Waals surface area contributed by atoms with E-state index in [9.17, 15) is 9.59 Å². The molecule has 4 aromatic heterocycles. The van der Waals surface area contributed by atoms with Crippen LogP contribution in [0.1, 0.15) is 15.9 Å². The van der Waals surface area contributed by atoms with Crippen molar-refractivity contribution in [3.05, 3.63) is 63.8 Å². The van der Waals surface area contributed by atoms with Gasteiger partial charge < -0.3 is 9.80 Å². The zero-order valence-corrected chi connectivity index (χ0v) is 16.6. The number of thiophene rings is 1. The molecule has 0 unspecified atom stereocenters. The van der Waals surface area contributed by atoms with Crippen LogP contribution in [0.2, 0.25) is 0 Å². The monoisotopic (exact) mass is 406 g/mol. The van der Waals surface area contributed by atoms with E-state index in [1.165, 1.54) is 10.6 Å². The molecule has 29 heavy (non-hydrogen) atoms. The number of hydrogen-bond acceptors (Lipinski definition) is 7. The van der Waals surface area contributed by atoms with Crippen molar-refractivity contribution in [3.8, 4) is 0 Å². The Bertz CT molecular complexity index is 1290. The van der Waals surface area contributed by atoms with Gasteiger partial charge in [0.05, 0.1) is 5.39 Å². The molecule has 0 bridgehead atoms. The van der Waals surface area contributed by atoms with Crippen LogP contribution in [0.3, 0.4) is 0 Å². The zero-order chi connectivity index (χ0) is 20.0. The Kier molecular flexibility index (Phi) is 4.24. The third kappa shape index (κ3) is 3.03. The van der Waals surface area contributed by atoms with E-state index >= 15 is 0 Å². The van der Waals surface area contributed by atoms with E-state index in [0.717, 1.165) is 21.6 Å². The molecule has 1 aliphatic heterocycles. The molecule has 8 nitrogen and oxygen atoms in total. The Balaban J connectivity index is 1.37. The molecule has 0 aliphatic carbocycles. The minimum absolute atomic E-state index is 0.0991. The van der Waals surface area contributed by atoms with Crippen LogP contribution in [-0.4, -0.2) is 56.3 Å². The maximum atomic E-state index is 13.0. The van der Waals surface area contributed by atoms with E-state index in [2.05, 4.69) is 19.9 Å². The molecule has 146 valence electrons. The summed E-state index contributed by atoms with van der Waals surface area (Å²) in [4.78, 5) is 43.6. The van der Waals surface area contributed by atoms with Gasteiger partial charge in [-0.25, -0.2) is 15.0 Å². The highest BCUT2D eigenvalue weighted by Gasteiger charge is 2.26. The first-order valence-electron chi connectivity index (χ1n) is 9.32. The summed E-state index contributed by atoms with van der Waals surface area (Å²) >= 11 is 1.59. The van der Waals surface area contributed by atoms with E-state index in [-0.39, 0.29) is 17.0 Å². The fourth-order valence-electron chi connectivity index (χ4n) is 3.64. The highest BCUT2D eigenvalue weighted by Crippen LogP contribution is 2.27. The van der Waals surface area contributed by atoms with Gasteiger partial charge in [0.15, 0.2) is 0 Å². The Morgan fingerprint density at radius 2 is 1.93 bits per heavy atom. The first-order chi connectivity index (χ1) is 14.1. The topological polar surface area (TPSA) is 83.7 Å². The van der Waals surface area contributed by atoms with Gasteiger partial charge in [-0.05, 0) is 36.1 Å². The van der Waals surface area contributed by atoms with Crippen molar-refractivity contribution in [2.24, 2.45) is 0 Å². The summed E-state index contributed by atoms with van der Waals surface area (Å²) in [6, 6.07) is 5.67. The van der Waals surface area contributed by atoms with Gasteiger partial charge in [0.2, 0.25) is 0 Å². The number of hydrogen-bond donors (Lipinski definition) is 0. The standard InChI is InChI=1S/C20H18N6O2S/c1-13-2-4-26-16(10-13)21-11-15(20(26)28)19(27)25-7-5-24(6-8-25)17-14-3-9-29-18(14)23-12-22-17/h2-4,9-12H,5-8H2,1H3. The minimum Gasteiger partial charge on any atom is -0.352 e. The van der Waals surface area contributed by atoms with E-state index in [4.69, 9.17) is 0 Å². The molecule has 5 heterocycles. The molecule has 0 radical (unpaired) electrons. The zero-order valence-electron chi connectivity index (χ0n) is 15.8. The normalized spacial score (nSPS) is 14.7. The van der Waals surface area contributed by atoms with Crippen molar-refractivity contribution in [2.45, 2.75) is 6.92 Å². The molecule has 9 heteroatoms. The summed E-state index contributed by atoms with van der Waals surface area (Å²) in [5.74, 6) is 0.617. The van der Waals surface area contributed by atoms with Crippen molar-refractivity contribution in [1.82, 2.24) is 24.3 Å². The third-order valence-corrected chi connectivity index (χ3v) is 6.02. The maximum absolute atomic E-state index is 13.0. The molecule has 4 aromatic rings. The lowest BCUT2D eigenvalue weighted by Gasteiger charge is -2.35. The molecule has 0 spiro atoms. The second kappa shape index (κ2) is 6.93. The average Bonchev–Trinajstić information content (AvgIpc) is 3.22. The molecular formula is C20H18N6O2S. The Hall–Kier alpha value is -3.33. The van der Waals surface area contributed by atoms with Crippen LogP contribution >= 0.6 is 11.3 Å². The first-order valence-corrected chi connectivity index (χ1v) is 10.2. The number of pyridine rings is 1. The number of amides is 1. The first kappa shape index (κ1) is 17.7. The summed E-state index contributed by atoms with van der Waals surface area (Å²) in [7, 11) is 0. The second-order valence-electron chi connectivity index (χ2n) is 7.03. The third-order valence-electron chi connectivity index (χ3n) is 5.20. The highest BCUT2D eigenvalue weighted by atomic mass is 32.1. The van der Waals surface area contributed by atoms with Gasteiger partial charge in [-0.1, -0.05) is 0 Å². The van der Waals surface area contributed by atoms with Crippen LogP contribution < -0.4 is 10.5 Å². The molecule has 0 N–H and O–H groups in total. The number of piperazine rings is 1. The number of carbonyl (C=O) groups excluding carboxylic acids is 1. The average molecular weight is 406 g/mol. The summed E-state index contributed by atoms with van der Waals surface area (Å²) in [5, 5.41) is 3.04. The van der Waals surface area contributed by atoms with Gasteiger partial charge >= 0.3 is 0 Å². The molecule has 5 rings (SSSR count). The Labute approximate surface area is 170 Å². The molecule has 1 amide bonds. The van der Waals surface area contributed by atoms with Crippen LogP contribution in [0, 0.1) is 6.92 Å². The lowest BCUT2D eigenvalue weighted by atomic mass is 10.2. The van der Waals surface area contributed by atoms with Crippen molar-refractivity contribution in [2.75, 3.05) is 31.1 Å². The van der Waals surface area contributed by atoms with Gasteiger partial charge in [0.25, 0.3) is 11.5 Å². The number of nitrogens with zero attached hydrogens (tertiary/aromatic N) is 6.